The van der Waals surface area contributed by atoms with Crippen molar-refractivity contribution in [2.45, 2.75) is 0 Å². The van der Waals surface area contributed by atoms with Crippen LogP contribution >= 0.6 is 11.3 Å². The van der Waals surface area contributed by atoms with Crippen molar-refractivity contribution in [1.29, 1.82) is 0 Å². The topological polar surface area (TPSA) is 46.9 Å². The zero-order valence-electron chi connectivity index (χ0n) is 15.2. The molecule has 2 heterocycles. The van der Waals surface area contributed by atoms with Gasteiger partial charge < -0.3 is 9.64 Å². The lowest BCUT2D eigenvalue weighted by molar-refractivity contribution is -0.906. The number of nitrogens with zero attached hydrogens (tertiary/aromatic N) is 2. The van der Waals surface area contributed by atoms with Crippen molar-refractivity contribution >= 4 is 32.6 Å². The highest BCUT2D eigenvalue weighted by Crippen LogP contribution is 2.30. The van der Waals surface area contributed by atoms with Gasteiger partial charge in [0.05, 0.1) is 36.5 Å². The van der Waals surface area contributed by atoms with E-state index in [0.717, 1.165) is 19.6 Å². The second-order valence-electron chi connectivity index (χ2n) is 6.68. The number of benzene rings is 2. The lowest BCUT2D eigenvalue weighted by Gasteiger charge is -2.26. The number of carbonyl (C=O) groups excluding carboxylic acids is 1. The first-order valence-corrected chi connectivity index (χ1v) is 9.96. The second-order valence-corrected chi connectivity index (χ2v) is 7.69. The molecule has 1 aliphatic rings. The Balaban J connectivity index is 1.62. The summed E-state index contributed by atoms with van der Waals surface area (Å²) in [6.07, 6.45) is 0. The van der Waals surface area contributed by atoms with E-state index in [1.54, 1.807) is 11.0 Å². The van der Waals surface area contributed by atoms with Crippen LogP contribution in [0.5, 0.6) is 0 Å². The number of rotatable bonds is 5. The van der Waals surface area contributed by atoms with Crippen LogP contribution in [0.25, 0.3) is 10.2 Å². The summed E-state index contributed by atoms with van der Waals surface area (Å²) in [5.41, 5.74) is 1.04. The van der Waals surface area contributed by atoms with Crippen molar-refractivity contribution in [3.63, 3.8) is 0 Å². The van der Waals surface area contributed by atoms with Gasteiger partial charge in [-0.1, -0.05) is 11.3 Å². The van der Waals surface area contributed by atoms with Gasteiger partial charge in [0.15, 0.2) is 5.13 Å². The molecule has 2 aromatic carbocycles. The largest absolute Gasteiger partial charge is 0.370 e. The van der Waals surface area contributed by atoms with Crippen LogP contribution in [0.15, 0.2) is 42.5 Å². The fourth-order valence-corrected chi connectivity index (χ4v) is 4.23. The smallest absolute Gasteiger partial charge is 0.260 e. The van der Waals surface area contributed by atoms with E-state index >= 15 is 0 Å². The van der Waals surface area contributed by atoms with E-state index in [0.29, 0.717) is 40.7 Å². The fraction of sp³-hybridized carbons (Fsp3) is 0.300. The molecule has 0 spiro atoms. The average Bonchev–Trinajstić information content (AvgIpc) is 3.12. The van der Waals surface area contributed by atoms with Crippen LogP contribution in [0.1, 0.15) is 10.4 Å². The summed E-state index contributed by atoms with van der Waals surface area (Å²) in [6, 6.07) is 9.87. The first-order valence-electron chi connectivity index (χ1n) is 9.15. The number of morpholine rings is 1. The van der Waals surface area contributed by atoms with Crippen molar-refractivity contribution in [1.82, 2.24) is 4.98 Å². The SMILES string of the molecule is O=C(c1ccc(F)cc1)N(CC[NH+]1CCOCC1)c1nc2ccc(F)cc2s1. The van der Waals surface area contributed by atoms with Crippen LogP contribution < -0.4 is 9.80 Å². The quantitative estimate of drug-likeness (QED) is 0.709. The van der Waals surface area contributed by atoms with Crippen LogP contribution in [0.4, 0.5) is 13.9 Å². The summed E-state index contributed by atoms with van der Waals surface area (Å²) >= 11 is 1.28. The van der Waals surface area contributed by atoms with Gasteiger partial charge in [0.2, 0.25) is 0 Å². The molecule has 0 atom stereocenters. The Labute approximate surface area is 165 Å². The maximum absolute atomic E-state index is 13.5. The van der Waals surface area contributed by atoms with Crippen molar-refractivity contribution in [2.24, 2.45) is 0 Å². The van der Waals surface area contributed by atoms with E-state index in [-0.39, 0.29) is 11.7 Å². The molecule has 0 aliphatic carbocycles. The molecule has 8 heteroatoms. The summed E-state index contributed by atoms with van der Waals surface area (Å²) in [5.74, 6) is -0.972. The van der Waals surface area contributed by atoms with Crippen LogP contribution in [-0.2, 0) is 4.74 Å². The first kappa shape index (κ1) is 18.9. The number of hydrogen-bond donors (Lipinski definition) is 1. The third-order valence-electron chi connectivity index (χ3n) is 4.80. The zero-order valence-corrected chi connectivity index (χ0v) is 16.0. The number of thiazole rings is 1. The van der Waals surface area contributed by atoms with Gasteiger partial charge in [0.1, 0.15) is 24.7 Å². The average molecular weight is 404 g/mol. The van der Waals surface area contributed by atoms with Crippen LogP contribution in [0, 0.1) is 11.6 Å². The predicted octanol–water partition coefficient (Wildman–Crippen LogP) is 2.14. The molecular formula is C20H20F2N3O2S+. The highest BCUT2D eigenvalue weighted by Gasteiger charge is 2.24. The number of nitrogens with one attached hydrogen (secondary N) is 1. The van der Waals surface area contributed by atoms with Gasteiger partial charge in [0, 0.05) is 5.56 Å². The summed E-state index contributed by atoms with van der Waals surface area (Å²) in [6.45, 7) is 4.42. The van der Waals surface area contributed by atoms with Gasteiger partial charge in [-0.05, 0) is 42.5 Å². The van der Waals surface area contributed by atoms with Crippen molar-refractivity contribution < 1.29 is 23.2 Å². The number of hydrogen-bond acceptors (Lipinski definition) is 4. The number of halogens is 2. The fourth-order valence-electron chi connectivity index (χ4n) is 3.21. The molecule has 1 saturated heterocycles. The van der Waals surface area contributed by atoms with Gasteiger partial charge in [-0.15, -0.1) is 0 Å². The van der Waals surface area contributed by atoms with Gasteiger partial charge in [-0.3, -0.25) is 9.69 Å². The van der Waals surface area contributed by atoms with Gasteiger partial charge in [0.25, 0.3) is 5.91 Å². The van der Waals surface area contributed by atoms with Crippen molar-refractivity contribution in [3.05, 3.63) is 59.7 Å². The molecule has 0 bridgehead atoms. The van der Waals surface area contributed by atoms with Gasteiger partial charge in [-0.2, -0.15) is 0 Å². The zero-order chi connectivity index (χ0) is 19.5. The third-order valence-corrected chi connectivity index (χ3v) is 5.84. The van der Waals surface area contributed by atoms with Crippen LogP contribution in [0.3, 0.4) is 0 Å². The molecule has 28 heavy (non-hydrogen) atoms. The molecule has 1 amide bonds. The Morgan fingerprint density at radius 2 is 1.82 bits per heavy atom. The molecule has 1 fully saturated rings. The molecular weight excluding hydrogens is 384 g/mol. The lowest BCUT2D eigenvalue weighted by atomic mass is 10.2. The van der Waals surface area contributed by atoms with E-state index in [2.05, 4.69) is 4.98 Å². The summed E-state index contributed by atoms with van der Waals surface area (Å²) in [7, 11) is 0. The number of fused-ring (bicyclic) bond motifs is 1. The normalized spacial score (nSPS) is 15.1. The van der Waals surface area contributed by atoms with E-state index < -0.39 is 5.82 Å². The Bertz CT molecular complexity index is 971. The minimum absolute atomic E-state index is 0.243. The van der Waals surface area contributed by atoms with Crippen molar-refractivity contribution in [2.75, 3.05) is 44.3 Å². The number of anilines is 1. The summed E-state index contributed by atoms with van der Waals surface area (Å²) in [5, 5.41) is 0.516. The van der Waals surface area contributed by atoms with Crippen LogP contribution in [0.2, 0.25) is 0 Å². The monoisotopic (exact) mass is 404 g/mol. The van der Waals surface area contributed by atoms with Gasteiger partial charge in [-0.25, -0.2) is 13.8 Å². The highest BCUT2D eigenvalue weighted by atomic mass is 32.1. The van der Waals surface area contributed by atoms with Crippen molar-refractivity contribution in [3.8, 4) is 0 Å². The number of quaternary nitrogens is 1. The second kappa shape index (κ2) is 8.30. The predicted molar refractivity (Wildman–Crippen MR) is 104 cm³/mol. The number of ether oxygens (including phenoxy) is 1. The number of carbonyl (C=O) groups is 1. The highest BCUT2D eigenvalue weighted by molar-refractivity contribution is 7.22. The molecule has 1 N–H and O–H groups in total. The van der Waals surface area contributed by atoms with E-state index in [4.69, 9.17) is 4.74 Å². The molecule has 1 aromatic heterocycles. The van der Waals surface area contributed by atoms with E-state index in [1.165, 1.54) is 52.6 Å². The number of amides is 1. The summed E-state index contributed by atoms with van der Waals surface area (Å²) in [4.78, 5) is 20.6. The molecule has 1 aliphatic heterocycles. The molecule has 5 nitrogen and oxygen atoms in total. The molecule has 4 rings (SSSR count). The number of aromatic nitrogens is 1. The molecule has 3 aromatic rings. The van der Waals surface area contributed by atoms with E-state index in [9.17, 15) is 13.6 Å². The maximum atomic E-state index is 13.5. The Kier molecular flexibility index (Phi) is 5.61. The van der Waals surface area contributed by atoms with Gasteiger partial charge >= 0.3 is 0 Å². The third kappa shape index (κ3) is 4.19. The minimum Gasteiger partial charge on any atom is -0.370 e. The maximum Gasteiger partial charge on any atom is 0.260 e. The standard InChI is InChI=1S/C20H19F2N3O2S/c21-15-3-1-14(2-4-15)19(26)25(8-7-24-9-11-27-12-10-24)20-23-17-6-5-16(22)13-18(17)28-20/h1-6,13H,7-12H2/p+1. The Hall–Kier alpha value is -2.42. The Morgan fingerprint density at radius 1 is 1.11 bits per heavy atom. The molecule has 146 valence electrons. The molecule has 0 radical (unpaired) electrons. The summed E-state index contributed by atoms with van der Waals surface area (Å²) < 4.78 is 32.9. The molecule has 0 saturated carbocycles. The van der Waals surface area contributed by atoms with Crippen LogP contribution in [-0.4, -0.2) is 50.3 Å². The Morgan fingerprint density at radius 3 is 2.57 bits per heavy atom. The lowest BCUT2D eigenvalue weighted by Crippen LogP contribution is -3.14. The minimum atomic E-state index is -0.392. The van der Waals surface area contributed by atoms with E-state index in [1.807, 2.05) is 0 Å². The first-order chi connectivity index (χ1) is 13.6. The molecule has 0 unspecified atom stereocenters.